The molecule has 1 unspecified atom stereocenters. The maximum absolute atomic E-state index is 12.7. The Hall–Kier alpha value is -3.55. The fourth-order valence-corrected chi connectivity index (χ4v) is 3.43. The first-order valence-electron chi connectivity index (χ1n) is 10.0. The molecule has 1 aliphatic rings. The minimum absolute atomic E-state index is 0.146. The number of carbonyl (C=O) groups is 1. The smallest absolute Gasteiger partial charge is 0.334 e. The minimum atomic E-state index is -0.646. The number of carbonyl (C=O) groups excluding carboxylic acids is 1. The van der Waals surface area contributed by atoms with Crippen LogP contribution in [0.25, 0.3) is 0 Å². The van der Waals surface area contributed by atoms with Crippen LogP contribution in [0.2, 0.25) is 0 Å². The Bertz CT molecular complexity index is 953. The number of benzene rings is 2. The van der Waals surface area contributed by atoms with Crippen molar-refractivity contribution in [2.24, 2.45) is 5.92 Å². The van der Waals surface area contributed by atoms with Crippen LogP contribution in [0.15, 0.2) is 54.1 Å². The summed E-state index contributed by atoms with van der Waals surface area (Å²) in [4.78, 5) is 23.7. The zero-order valence-corrected chi connectivity index (χ0v) is 17.5. The zero-order valence-electron chi connectivity index (χ0n) is 17.5. The summed E-state index contributed by atoms with van der Waals surface area (Å²) in [6, 6.07) is 12.8. The molecule has 0 bridgehead atoms. The molecular formula is C23H25NO7. The average Bonchev–Trinajstić information content (AvgIpc) is 3.22. The molecule has 31 heavy (non-hydrogen) atoms. The molecule has 0 saturated heterocycles. The quantitative estimate of drug-likeness (QED) is 0.247. The lowest BCUT2D eigenvalue weighted by Gasteiger charge is -2.17. The van der Waals surface area contributed by atoms with Gasteiger partial charge in [-0.05, 0) is 55.2 Å². The molecule has 1 atom stereocenters. The third kappa shape index (κ3) is 5.97. The average molecular weight is 427 g/mol. The maximum atomic E-state index is 12.7. The number of allylic oxidation sites excluding steroid dienone is 1. The van der Waals surface area contributed by atoms with Gasteiger partial charge in [-0.1, -0.05) is 24.3 Å². The number of methoxy groups -OCH3 is 1. The van der Waals surface area contributed by atoms with Crippen molar-refractivity contribution in [2.45, 2.75) is 19.8 Å². The number of hydrogen-bond acceptors (Lipinski definition) is 7. The first-order chi connectivity index (χ1) is 15.0. The van der Waals surface area contributed by atoms with E-state index in [1.165, 1.54) is 0 Å². The Labute approximate surface area is 180 Å². The second-order valence-electron chi connectivity index (χ2n) is 7.04. The second kappa shape index (κ2) is 10.5. The van der Waals surface area contributed by atoms with Crippen molar-refractivity contribution >= 4 is 5.97 Å². The van der Waals surface area contributed by atoms with Crippen molar-refractivity contribution in [1.82, 2.24) is 0 Å². The standard InChI is InChI=1S/C23H25NO7/c1-3-29-23(25)20(10-6-16-4-8-19(28-2)9-5-16)18(14-24(26)27)12-17-7-11-21-22(13-17)31-15-30-21/h4-5,7-11,13,18H,3,6,12,14-15H2,1-2H3. The number of hydrogen-bond donors (Lipinski definition) is 0. The van der Waals surface area contributed by atoms with Gasteiger partial charge in [-0.15, -0.1) is 0 Å². The van der Waals surface area contributed by atoms with Crippen LogP contribution in [0.5, 0.6) is 17.2 Å². The third-order valence-corrected chi connectivity index (χ3v) is 4.96. The molecule has 0 aliphatic carbocycles. The van der Waals surface area contributed by atoms with E-state index in [1.54, 1.807) is 32.2 Å². The molecule has 164 valence electrons. The van der Waals surface area contributed by atoms with E-state index in [4.69, 9.17) is 18.9 Å². The monoisotopic (exact) mass is 427 g/mol. The summed E-state index contributed by atoms with van der Waals surface area (Å²) in [5.74, 6) is 0.774. The van der Waals surface area contributed by atoms with Crippen LogP contribution in [0.1, 0.15) is 18.1 Å². The fraction of sp³-hybridized carbons (Fsp3) is 0.348. The molecule has 0 saturated carbocycles. The molecule has 2 aromatic rings. The molecule has 0 fully saturated rings. The van der Waals surface area contributed by atoms with Crippen molar-refractivity contribution in [1.29, 1.82) is 0 Å². The van der Waals surface area contributed by atoms with Crippen molar-refractivity contribution in [3.63, 3.8) is 0 Å². The van der Waals surface area contributed by atoms with Crippen LogP contribution in [-0.2, 0) is 22.4 Å². The van der Waals surface area contributed by atoms with E-state index in [-0.39, 0.29) is 19.9 Å². The Morgan fingerprint density at radius 2 is 1.87 bits per heavy atom. The van der Waals surface area contributed by atoms with Gasteiger partial charge in [0, 0.05) is 10.5 Å². The van der Waals surface area contributed by atoms with Crippen LogP contribution in [0.4, 0.5) is 0 Å². The highest BCUT2D eigenvalue weighted by atomic mass is 16.7. The molecule has 1 heterocycles. The predicted octanol–water partition coefficient (Wildman–Crippen LogP) is 3.59. The summed E-state index contributed by atoms with van der Waals surface area (Å²) >= 11 is 0. The fourth-order valence-electron chi connectivity index (χ4n) is 3.43. The van der Waals surface area contributed by atoms with E-state index in [2.05, 4.69) is 0 Å². The van der Waals surface area contributed by atoms with Crippen molar-refractivity contribution in [3.8, 4) is 17.2 Å². The van der Waals surface area contributed by atoms with Crippen LogP contribution in [-0.4, -0.2) is 37.9 Å². The lowest BCUT2D eigenvalue weighted by atomic mass is 9.90. The highest BCUT2D eigenvalue weighted by Crippen LogP contribution is 2.34. The largest absolute Gasteiger partial charge is 0.497 e. The van der Waals surface area contributed by atoms with Gasteiger partial charge in [0.1, 0.15) is 5.75 Å². The van der Waals surface area contributed by atoms with Crippen molar-refractivity contribution < 1.29 is 28.7 Å². The zero-order chi connectivity index (χ0) is 22.2. The molecule has 3 rings (SSSR count). The molecular weight excluding hydrogens is 402 g/mol. The van der Waals surface area contributed by atoms with E-state index < -0.39 is 16.8 Å². The van der Waals surface area contributed by atoms with E-state index in [0.29, 0.717) is 29.9 Å². The van der Waals surface area contributed by atoms with Gasteiger partial charge in [0.05, 0.1) is 19.6 Å². The molecule has 1 aliphatic heterocycles. The van der Waals surface area contributed by atoms with Gasteiger partial charge >= 0.3 is 5.97 Å². The SMILES string of the molecule is CCOC(=O)C(=CCc1ccc(OC)cc1)C(Cc1ccc2c(c1)OCO2)C[N+](=O)[O-]. The summed E-state index contributed by atoms with van der Waals surface area (Å²) in [6.45, 7) is 1.65. The summed E-state index contributed by atoms with van der Waals surface area (Å²) in [5, 5.41) is 11.4. The third-order valence-electron chi connectivity index (χ3n) is 4.96. The number of rotatable bonds is 10. The number of nitrogens with zero attached hydrogens (tertiary/aromatic N) is 1. The first kappa shape index (κ1) is 22.1. The molecule has 0 N–H and O–H groups in total. The summed E-state index contributed by atoms with van der Waals surface area (Å²) in [6.07, 6.45) is 2.46. The van der Waals surface area contributed by atoms with E-state index in [0.717, 1.165) is 16.9 Å². The topological polar surface area (TPSA) is 97.1 Å². The highest BCUT2D eigenvalue weighted by Gasteiger charge is 2.27. The summed E-state index contributed by atoms with van der Waals surface area (Å²) in [7, 11) is 1.59. The van der Waals surface area contributed by atoms with Gasteiger partial charge in [0.25, 0.3) is 0 Å². The first-order valence-corrected chi connectivity index (χ1v) is 10.0. The van der Waals surface area contributed by atoms with Gasteiger partial charge in [0.15, 0.2) is 11.5 Å². The Balaban J connectivity index is 1.87. The van der Waals surface area contributed by atoms with E-state index >= 15 is 0 Å². The summed E-state index contributed by atoms with van der Waals surface area (Å²) in [5.41, 5.74) is 2.06. The van der Waals surface area contributed by atoms with Crippen molar-refractivity contribution in [3.05, 3.63) is 75.4 Å². The lowest BCUT2D eigenvalue weighted by Crippen LogP contribution is -2.25. The Morgan fingerprint density at radius 1 is 1.16 bits per heavy atom. The number of ether oxygens (including phenoxy) is 4. The molecule has 8 heteroatoms. The van der Waals surface area contributed by atoms with Gasteiger partial charge in [-0.2, -0.15) is 0 Å². The molecule has 0 aromatic heterocycles. The number of fused-ring (bicyclic) bond motifs is 1. The Kier molecular flexibility index (Phi) is 7.48. The maximum Gasteiger partial charge on any atom is 0.334 e. The molecule has 8 nitrogen and oxygen atoms in total. The van der Waals surface area contributed by atoms with Crippen LogP contribution in [0, 0.1) is 16.0 Å². The van der Waals surface area contributed by atoms with Gasteiger partial charge in [-0.3, -0.25) is 10.1 Å². The van der Waals surface area contributed by atoms with E-state index in [1.807, 2.05) is 30.3 Å². The predicted molar refractivity (Wildman–Crippen MR) is 113 cm³/mol. The van der Waals surface area contributed by atoms with Crippen LogP contribution >= 0.6 is 0 Å². The van der Waals surface area contributed by atoms with Gasteiger partial charge in [-0.25, -0.2) is 4.79 Å². The molecule has 0 amide bonds. The van der Waals surface area contributed by atoms with Gasteiger partial charge < -0.3 is 18.9 Å². The number of nitro groups is 1. The van der Waals surface area contributed by atoms with Gasteiger partial charge in [0.2, 0.25) is 13.3 Å². The molecule has 0 radical (unpaired) electrons. The van der Waals surface area contributed by atoms with E-state index in [9.17, 15) is 14.9 Å². The summed E-state index contributed by atoms with van der Waals surface area (Å²) < 4.78 is 21.1. The van der Waals surface area contributed by atoms with Crippen LogP contribution in [0.3, 0.4) is 0 Å². The van der Waals surface area contributed by atoms with Crippen molar-refractivity contribution in [2.75, 3.05) is 27.1 Å². The number of esters is 1. The normalized spacial score (nSPS) is 13.5. The second-order valence-corrected chi connectivity index (χ2v) is 7.04. The molecule has 2 aromatic carbocycles. The highest BCUT2D eigenvalue weighted by molar-refractivity contribution is 5.89. The Morgan fingerprint density at radius 3 is 2.55 bits per heavy atom. The van der Waals surface area contributed by atoms with Crippen LogP contribution < -0.4 is 14.2 Å². The molecule has 0 spiro atoms. The minimum Gasteiger partial charge on any atom is -0.497 e. The lowest BCUT2D eigenvalue weighted by molar-refractivity contribution is -0.486.